The Bertz CT molecular complexity index is 1300. The Morgan fingerprint density at radius 2 is 1.94 bits per heavy atom. The molecule has 1 atom stereocenters. The molecule has 0 unspecified atom stereocenters. The van der Waals surface area contributed by atoms with Gasteiger partial charge in [-0.25, -0.2) is 4.68 Å². The Kier molecular flexibility index (Phi) is 8.32. The van der Waals surface area contributed by atoms with E-state index in [0.717, 1.165) is 22.4 Å². The fraction of sp³-hybridized carbons (Fsp3) is 0.333. The van der Waals surface area contributed by atoms with Gasteiger partial charge in [-0.2, -0.15) is 0 Å². The van der Waals surface area contributed by atoms with Crippen molar-refractivity contribution < 1.29 is 14.3 Å². The molecule has 0 radical (unpaired) electrons. The third-order valence-corrected chi connectivity index (χ3v) is 6.83. The van der Waals surface area contributed by atoms with Crippen LogP contribution in [0.1, 0.15) is 36.8 Å². The number of amides is 2. The zero-order chi connectivity index (χ0) is 25.5. The van der Waals surface area contributed by atoms with Gasteiger partial charge >= 0.3 is 0 Å². The second-order valence-corrected chi connectivity index (χ2v) is 9.98. The van der Waals surface area contributed by atoms with Crippen LogP contribution in [0.3, 0.4) is 0 Å². The molecule has 0 fully saturated rings. The second-order valence-electron chi connectivity index (χ2n) is 9.00. The second kappa shape index (κ2) is 11.8. The molecule has 188 valence electrons. The molecule has 2 amide bonds. The van der Waals surface area contributed by atoms with Gasteiger partial charge in [-0.1, -0.05) is 49.4 Å². The lowest BCUT2D eigenvalue weighted by Gasteiger charge is -2.31. The molecule has 0 aliphatic rings. The molecule has 0 spiro atoms. The highest BCUT2D eigenvalue weighted by molar-refractivity contribution is 7.10. The van der Waals surface area contributed by atoms with Gasteiger partial charge in [0, 0.05) is 18.0 Å². The van der Waals surface area contributed by atoms with Crippen LogP contribution in [0.2, 0.25) is 0 Å². The molecule has 1 N–H and O–H groups in total. The van der Waals surface area contributed by atoms with Crippen molar-refractivity contribution in [2.24, 2.45) is 5.92 Å². The molecule has 8 nitrogen and oxygen atoms in total. The summed E-state index contributed by atoms with van der Waals surface area (Å²) in [6.45, 7) is 4.98. The fourth-order valence-corrected chi connectivity index (χ4v) is 4.83. The van der Waals surface area contributed by atoms with Crippen molar-refractivity contribution in [2.45, 2.75) is 39.4 Å². The number of hydrogen-bond acceptors (Lipinski definition) is 6. The molecule has 2 heterocycles. The van der Waals surface area contributed by atoms with Crippen LogP contribution in [0.15, 0.2) is 66.0 Å². The van der Waals surface area contributed by atoms with E-state index in [9.17, 15) is 9.59 Å². The van der Waals surface area contributed by atoms with Crippen LogP contribution in [-0.4, -0.2) is 45.4 Å². The summed E-state index contributed by atoms with van der Waals surface area (Å²) in [5.74, 6) is 0.723. The lowest BCUT2D eigenvalue weighted by atomic mass is 10.1. The van der Waals surface area contributed by atoms with E-state index in [1.807, 2.05) is 66.0 Å². The molecule has 4 aromatic rings. The maximum atomic E-state index is 13.9. The fourth-order valence-electron chi connectivity index (χ4n) is 4.00. The van der Waals surface area contributed by atoms with Crippen LogP contribution >= 0.6 is 11.3 Å². The van der Waals surface area contributed by atoms with Gasteiger partial charge in [-0.05, 0) is 53.6 Å². The highest BCUT2D eigenvalue weighted by Gasteiger charge is 2.32. The number of thiophene rings is 1. The maximum absolute atomic E-state index is 13.9. The summed E-state index contributed by atoms with van der Waals surface area (Å²) in [4.78, 5) is 29.8. The van der Waals surface area contributed by atoms with Gasteiger partial charge in [0.05, 0.1) is 12.6 Å². The van der Waals surface area contributed by atoms with Crippen LogP contribution in [0.25, 0.3) is 11.0 Å². The number of nitrogens with zero attached hydrogens (tertiary/aromatic N) is 4. The molecule has 9 heteroatoms. The van der Waals surface area contributed by atoms with E-state index in [-0.39, 0.29) is 24.9 Å². The van der Waals surface area contributed by atoms with Gasteiger partial charge in [0.15, 0.2) is 0 Å². The summed E-state index contributed by atoms with van der Waals surface area (Å²) in [6, 6.07) is 18.1. The first-order chi connectivity index (χ1) is 17.5. The molecule has 0 saturated heterocycles. The van der Waals surface area contributed by atoms with Crippen molar-refractivity contribution in [1.82, 2.24) is 25.2 Å². The predicted molar refractivity (Wildman–Crippen MR) is 141 cm³/mol. The minimum atomic E-state index is -0.773. The highest BCUT2D eigenvalue weighted by Crippen LogP contribution is 2.29. The first-order valence-corrected chi connectivity index (χ1v) is 12.9. The van der Waals surface area contributed by atoms with E-state index in [1.54, 1.807) is 16.7 Å². The molecule has 2 aromatic carbocycles. The summed E-state index contributed by atoms with van der Waals surface area (Å²) in [5, 5.41) is 13.3. The number of ether oxygens (including phenoxy) is 1. The zero-order valence-electron chi connectivity index (χ0n) is 20.8. The number of para-hydroxylation sites is 1. The normalized spacial score (nSPS) is 12.0. The molecule has 0 aliphatic carbocycles. The van der Waals surface area contributed by atoms with E-state index in [1.165, 1.54) is 11.3 Å². The Labute approximate surface area is 214 Å². The Morgan fingerprint density at radius 3 is 2.69 bits per heavy atom. The van der Waals surface area contributed by atoms with Crippen LogP contribution in [-0.2, 0) is 22.7 Å². The number of carbonyl (C=O) groups is 2. The maximum Gasteiger partial charge on any atom is 0.248 e. The number of carbonyl (C=O) groups excluding carboxylic acids is 2. The van der Waals surface area contributed by atoms with Gasteiger partial charge in [0.1, 0.15) is 23.9 Å². The average Bonchev–Trinajstić information content (AvgIpc) is 3.54. The lowest BCUT2D eigenvalue weighted by Crippen LogP contribution is -2.44. The molecule has 0 saturated carbocycles. The summed E-state index contributed by atoms with van der Waals surface area (Å²) in [6.07, 6.45) is 0.859. The van der Waals surface area contributed by atoms with Gasteiger partial charge in [0.2, 0.25) is 11.8 Å². The van der Waals surface area contributed by atoms with Crippen LogP contribution < -0.4 is 10.1 Å². The van der Waals surface area contributed by atoms with Crippen LogP contribution in [0, 0.1) is 5.92 Å². The Hall–Kier alpha value is -3.72. The van der Waals surface area contributed by atoms with Crippen LogP contribution in [0.4, 0.5) is 0 Å². The summed E-state index contributed by atoms with van der Waals surface area (Å²) in [7, 11) is 1.61. The zero-order valence-corrected chi connectivity index (χ0v) is 21.6. The van der Waals surface area contributed by atoms with Crippen molar-refractivity contribution in [3.05, 3.63) is 76.5 Å². The number of hydrogen-bond donors (Lipinski definition) is 1. The number of benzene rings is 2. The average molecular weight is 506 g/mol. The molecular formula is C27H31N5O3S. The lowest BCUT2D eigenvalue weighted by molar-refractivity contribution is -0.142. The number of aromatic nitrogens is 3. The largest absolute Gasteiger partial charge is 0.497 e. The van der Waals surface area contributed by atoms with Gasteiger partial charge in [0.25, 0.3) is 0 Å². The molecular weight excluding hydrogens is 474 g/mol. The third kappa shape index (κ3) is 6.09. The monoisotopic (exact) mass is 505 g/mol. The molecule has 4 rings (SSSR count). The first kappa shape index (κ1) is 25.4. The molecule has 0 bridgehead atoms. The summed E-state index contributed by atoms with van der Waals surface area (Å²) >= 11 is 1.46. The van der Waals surface area contributed by atoms with Gasteiger partial charge in [-0.15, -0.1) is 16.4 Å². The first-order valence-electron chi connectivity index (χ1n) is 12.0. The third-order valence-electron chi connectivity index (χ3n) is 5.91. The topological polar surface area (TPSA) is 89.3 Å². The quantitative estimate of drug-likeness (QED) is 0.326. The summed E-state index contributed by atoms with van der Waals surface area (Å²) < 4.78 is 6.96. The smallest absolute Gasteiger partial charge is 0.248 e. The Morgan fingerprint density at radius 1 is 1.11 bits per heavy atom. The van der Waals surface area contributed by atoms with Crippen molar-refractivity contribution >= 4 is 34.2 Å². The van der Waals surface area contributed by atoms with Crippen molar-refractivity contribution in [1.29, 1.82) is 0 Å². The summed E-state index contributed by atoms with van der Waals surface area (Å²) in [5.41, 5.74) is 2.34. The van der Waals surface area contributed by atoms with Crippen molar-refractivity contribution in [3.8, 4) is 5.75 Å². The molecule has 36 heavy (non-hydrogen) atoms. The Balaban J connectivity index is 1.68. The number of methoxy groups -OCH3 is 1. The van der Waals surface area contributed by atoms with Gasteiger partial charge in [-0.3, -0.25) is 9.59 Å². The number of rotatable bonds is 11. The van der Waals surface area contributed by atoms with E-state index in [2.05, 4.69) is 29.5 Å². The van der Waals surface area contributed by atoms with E-state index >= 15 is 0 Å². The number of nitrogens with one attached hydrogen (secondary N) is 1. The predicted octanol–water partition coefficient (Wildman–Crippen LogP) is 4.43. The minimum absolute atomic E-state index is 0.0361. The minimum Gasteiger partial charge on any atom is -0.497 e. The molecule has 0 aliphatic heterocycles. The standard InChI is InChI=1S/C27H31N5O3S/c1-19(2)13-14-28-27(34)26(24-12-7-15-36-24)31(17-20-8-6-9-21(16-20)35-3)25(33)18-32-23-11-5-4-10-22(23)29-30-32/h4-12,15-16,19,26H,13-14,17-18H2,1-3H3,(H,28,34)/t26-/m0/s1. The SMILES string of the molecule is COc1cccc(CN(C(=O)Cn2nnc3ccccc32)[C@H](C(=O)NCCC(C)C)c2cccs2)c1. The molecule has 2 aromatic heterocycles. The van der Waals surface area contributed by atoms with Gasteiger partial charge < -0.3 is 15.0 Å². The van der Waals surface area contributed by atoms with Crippen LogP contribution in [0.5, 0.6) is 5.75 Å². The van der Waals surface area contributed by atoms with E-state index in [0.29, 0.717) is 23.7 Å². The highest BCUT2D eigenvalue weighted by atomic mass is 32.1. The van der Waals surface area contributed by atoms with E-state index in [4.69, 9.17) is 4.74 Å². The van der Waals surface area contributed by atoms with Crippen molar-refractivity contribution in [2.75, 3.05) is 13.7 Å². The number of fused-ring (bicyclic) bond motifs is 1. The van der Waals surface area contributed by atoms with E-state index < -0.39 is 6.04 Å². The van der Waals surface area contributed by atoms with Crippen molar-refractivity contribution in [3.63, 3.8) is 0 Å².